The SMILES string of the molecule is Cc1ccc(/C=C2/N=C(SCC(N)=O)N(CC(C)C)C2=O)s1. The lowest BCUT2D eigenvalue weighted by atomic mass is 10.2. The van der Waals surface area contributed by atoms with E-state index in [-0.39, 0.29) is 11.7 Å². The van der Waals surface area contributed by atoms with Gasteiger partial charge in [0.05, 0.1) is 5.75 Å². The van der Waals surface area contributed by atoms with E-state index >= 15 is 0 Å². The second kappa shape index (κ2) is 7.11. The van der Waals surface area contributed by atoms with Crippen LogP contribution in [0.4, 0.5) is 0 Å². The second-order valence-electron chi connectivity index (χ2n) is 5.44. The molecule has 0 saturated heterocycles. The number of primary amides is 1. The first-order chi connectivity index (χ1) is 10.4. The quantitative estimate of drug-likeness (QED) is 0.839. The molecule has 118 valence electrons. The van der Waals surface area contributed by atoms with Crippen LogP contribution in [-0.4, -0.2) is 34.2 Å². The highest BCUT2D eigenvalue weighted by Crippen LogP contribution is 2.26. The van der Waals surface area contributed by atoms with Crippen LogP contribution >= 0.6 is 23.1 Å². The number of nitrogens with zero attached hydrogens (tertiary/aromatic N) is 2. The normalized spacial score (nSPS) is 16.7. The summed E-state index contributed by atoms with van der Waals surface area (Å²) in [5.74, 6) is -0.110. The molecule has 0 unspecified atom stereocenters. The van der Waals surface area contributed by atoms with Gasteiger partial charge in [-0.15, -0.1) is 11.3 Å². The summed E-state index contributed by atoms with van der Waals surface area (Å²) in [7, 11) is 0. The van der Waals surface area contributed by atoms with E-state index in [1.807, 2.05) is 32.9 Å². The van der Waals surface area contributed by atoms with Gasteiger partial charge in [-0.1, -0.05) is 25.6 Å². The largest absolute Gasteiger partial charge is 0.369 e. The highest BCUT2D eigenvalue weighted by atomic mass is 32.2. The number of carbonyl (C=O) groups is 2. The molecule has 1 aromatic rings. The molecule has 2 amide bonds. The number of thioether (sulfide) groups is 1. The summed E-state index contributed by atoms with van der Waals surface area (Å²) < 4.78 is 0. The number of rotatable bonds is 5. The van der Waals surface area contributed by atoms with Gasteiger partial charge in [-0.05, 0) is 31.1 Å². The maximum absolute atomic E-state index is 12.5. The molecule has 1 aromatic heterocycles. The molecule has 0 radical (unpaired) electrons. The monoisotopic (exact) mass is 337 g/mol. The van der Waals surface area contributed by atoms with Crippen LogP contribution in [0.15, 0.2) is 22.8 Å². The Morgan fingerprint density at radius 3 is 2.77 bits per heavy atom. The van der Waals surface area contributed by atoms with E-state index in [0.29, 0.717) is 23.3 Å². The van der Waals surface area contributed by atoms with E-state index < -0.39 is 5.91 Å². The van der Waals surface area contributed by atoms with Gasteiger partial charge in [0, 0.05) is 16.3 Å². The summed E-state index contributed by atoms with van der Waals surface area (Å²) >= 11 is 2.82. The summed E-state index contributed by atoms with van der Waals surface area (Å²) in [4.78, 5) is 31.7. The summed E-state index contributed by atoms with van der Waals surface area (Å²) in [6.07, 6.45) is 1.80. The number of aliphatic imine (C=N–C) groups is 1. The molecule has 2 N–H and O–H groups in total. The van der Waals surface area contributed by atoms with Gasteiger partial charge in [-0.2, -0.15) is 0 Å². The van der Waals surface area contributed by atoms with E-state index in [4.69, 9.17) is 5.73 Å². The molecule has 0 aromatic carbocycles. The van der Waals surface area contributed by atoms with Crippen LogP contribution in [0.25, 0.3) is 6.08 Å². The molecule has 2 rings (SSSR count). The van der Waals surface area contributed by atoms with Crippen LogP contribution in [0, 0.1) is 12.8 Å². The Morgan fingerprint density at radius 1 is 1.50 bits per heavy atom. The van der Waals surface area contributed by atoms with Gasteiger partial charge in [-0.25, -0.2) is 4.99 Å². The van der Waals surface area contributed by atoms with E-state index in [1.165, 1.54) is 16.6 Å². The van der Waals surface area contributed by atoms with E-state index in [0.717, 1.165) is 4.88 Å². The Labute approximate surface area is 138 Å². The number of amidine groups is 1. The van der Waals surface area contributed by atoms with Crippen LogP contribution in [0.2, 0.25) is 0 Å². The van der Waals surface area contributed by atoms with E-state index in [2.05, 4.69) is 4.99 Å². The topological polar surface area (TPSA) is 75.8 Å². The highest BCUT2D eigenvalue weighted by Gasteiger charge is 2.31. The van der Waals surface area contributed by atoms with Gasteiger partial charge in [0.1, 0.15) is 5.70 Å². The molecule has 22 heavy (non-hydrogen) atoms. The molecular weight excluding hydrogens is 318 g/mol. The minimum atomic E-state index is -0.420. The lowest BCUT2D eigenvalue weighted by molar-refractivity contribution is -0.123. The minimum Gasteiger partial charge on any atom is -0.369 e. The third-order valence-electron chi connectivity index (χ3n) is 2.84. The molecule has 0 saturated carbocycles. The molecule has 0 aliphatic carbocycles. The molecule has 0 spiro atoms. The van der Waals surface area contributed by atoms with Gasteiger partial charge < -0.3 is 5.73 Å². The van der Waals surface area contributed by atoms with Crippen molar-refractivity contribution < 1.29 is 9.59 Å². The lowest BCUT2D eigenvalue weighted by Gasteiger charge is -2.19. The van der Waals surface area contributed by atoms with Crippen molar-refractivity contribution in [2.45, 2.75) is 20.8 Å². The Morgan fingerprint density at radius 2 is 2.23 bits per heavy atom. The molecule has 2 heterocycles. The zero-order chi connectivity index (χ0) is 16.3. The van der Waals surface area contributed by atoms with Crippen molar-refractivity contribution in [3.63, 3.8) is 0 Å². The Balaban J connectivity index is 2.25. The molecule has 0 atom stereocenters. The molecular formula is C15H19N3O2S2. The average molecular weight is 337 g/mol. The first-order valence-electron chi connectivity index (χ1n) is 6.96. The standard InChI is InChI=1S/C15H19N3O2S2/c1-9(2)7-18-14(20)12(6-11-5-4-10(3)22-11)17-15(18)21-8-13(16)19/h4-6,9H,7-8H2,1-3H3,(H2,16,19)/b12-6+. The maximum Gasteiger partial charge on any atom is 0.278 e. The number of hydrogen-bond acceptors (Lipinski definition) is 5. The van der Waals surface area contributed by atoms with Crippen LogP contribution in [0.1, 0.15) is 23.6 Å². The van der Waals surface area contributed by atoms with Gasteiger partial charge in [0.25, 0.3) is 5.91 Å². The fraction of sp³-hybridized carbons (Fsp3) is 0.400. The fourth-order valence-electron chi connectivity index (χ4n) is 1.97. The highest BCUT2D eigenvalue weighted by molar-refractivity contribution is 8.14. The first-order valence-corrected chi connectivity index (χ1v) is 8.77. The third kappa shape index (κ3) is 4.20. The summed E-state index contributed by atoms with van der Waals surface area (Å²) in [5.41, 5.74) is 5.59. The number of thiophene rings is 1. The smallest absolute Gasteiger partial charge is 0.278 e. The van der Waals surface area contributed by atoms with Gasteiger partial charge in [0.15, 0.2) is 5.17 Å². The maximum atomic E-state index is 12.5. The first kappa shape index (κ1) is 16.8. The predicted molar refractivity (Wildman–Crippen MR) is 92.7 cm³/mol. The Hall–Kier alpha value is -1.60. The van der Waals surface area contributed by atoms with Crippen LogP contribution in [0.5, 0.6) is 0 Å². The van der Waals surface area contributed by atoms with Crippen LogP contribution < -0.4 is 5.73 Å². The zero-order valence-corrected chi connectivity index (χ0v) is 14.5. The molecule has 7 heteroatoms. The predicted octanol–water partition coefficient (Wildman–Crippen LogP) is 2.47. The van der Waals surface area contributed by atoms with Gasteiger partial charge in [0.2, 0.25) is 5.91 Å². The third-order valence-corrected chi connectivity index (χ3v) is 4.79. The minimum absolute atomic E-state index is 0.117. The summed E-state index contributed by atoms with van der Waals surface area (Å²) in [6.45, 7) is 6.66. The van der Waals surface area contributed by atoms with Gasteiger partial charge in [-0.3, -0.25) is 14.5 Å². The van der Waals surface area contributed by atoms with Crippen molar-refractivity contribution in [1.29, 1.82) is 0 Å². The molecule has 0 fully saturated rings. The number of aryl methyl sites for hydroxylation is 1. The number of hydrogen-bond donors (Lipinski definition) is 1. The second-order valence-corrected chi connectivity index (χ2v) is 7.70. The zero-order valence-electron chi connectivity index (χ0n) is 12.8. The van der Waals surface area contributed by atoms with E-state index in [1.54, 1.807) is 22.3 Å². The molecule has 1 aliphatic rings. The fourth-order valence-corrected chi connectivity index (χ4v) is 3.53. The Kier molecular flexibility index (Phi) is 5.42. The van der Waals surface area contributed by atoms with Crippen molar-refractivity contribution in [3.05, 3.63) is 27.6 Å². The number of carbonyl (C=O) groups excluding carboxylic acids is 2. The number of amides is 2. The lowest BCUT2D eigenvalue weighted by Crippen LogP contribution is -2.34. The molecule has 0 bridgehead atoms. The van der Waals surface area contributed by atoms with Crippen molar-refractivity contribution in [1.82, 2.24) is 4.90 Å². The summed E-state index contributed by atoms with van der Waals surface area (Å²) in [6, 6.07) is 3.98. The van der Waals surface area contributed by atoms with Crippen molar-refractivity contribution >= 4 is 46.2 Å². The van der Waals surface area contributed by atoms with Crippen molar-refractivity contribution in [2.75, 3.05) is 12.3 Å². The average Bonchev–Trinajstić information content (AvgIpc) is 2.95. The van der Waals surface area contributed by atoms with Crippen LogP contribution in [0.3, 0.4) is 0 Å². The Bertz CT molecular complexity index is 647. The van der Waals surface area contributed by atoms with Gasteiger partial charge >= 0.3 is 0 Å². The van der Waals surface area contributed by atoms with Crippen molar-refractivity contribution in [2.24, 2.45) is 16.6 Å². The van der Waals surface area contributed by atoms with E-state index in [9.17, 15) is 9.59 Å². The molecule has 1 aliphatic heterocycles. The molecule has 5 nitrogen and oxygen atoms in total. The van der Waals surface area contributed by atoms with Crippen LogP contribution in [-0.2, 0) is 9.59 Å². The summed E-state index contributed by atoms with van der Waals surface area (Å²) in [5, 5.41) is 0.553. The van der Waals surface area contributed by atoms with Crippen molar-refractivity contribution in [3.8, 4) is 0 Å². The number of nitrogens with two attached hydrogens (primary N) is 1.